The third kappa shape index (κ3) is 4.62. The molecule has 12 nitrogen and oxygen atoms in total. The van der Waals surface area contributed by atoms with Gasteiger partial charge in [-0.1, -0.05) is 0 Å². The first kappa shape index (κ1) is 37.8. The van der Waals surface area contributed by atoms with Gasteiger partial charge >= 0.3 is 0 Å². The molecule has 0 fully saturated rings. The number of carbonyl (C=O) groups excluding carboxylic acids is 6. The monoisotopic (exact) mass is 900 g/mol. The van der Waals surface area contributed by atoms with E-state index < -0.39 is 0 Å². The van der Waals surface area contributed by atoms with E-state index in [9.17, 15) is 28.8 Å². The summed E-state index contributed by atoms with van der Waals surface area (Å²) in [7, 11) is 0. The topological polar surface area (TPSA) is 151 Å². The van der Waals surface area contributed by atoms with Gasteiger partial charge in [-0.25, -0.2) is 0 Å². The van der Waals surface area contributed by atoms with Crippen LogP contribution in [0.2, 0.25) is 0 Å². The van der Waals surface area contributed by atoms with Crippen LogP contribution in [-0.4, -0.2) is 65.1 Å². The average molecular weight is 901 g/mol. The number of carbonyl (C=O) groups is 6. The van der Waals surface area contributed by atoms with Crippen LogP contribution in [0.5, 0.6) is 0 Å². The zero-order valence-corrected chi connectivity index (χ0v) is 36.7. The predicted molar refractivity (Wildman–Crippen MR) is 246 cm³/mol. The second kappa shape index (κ2) is 12.8. The van der Waals surface area contributed by atoms with E-state index in [1.165, 1.54) is 48.1 Å². The van der Waals surface area contributed by atoms with Crippen molar-refractivity contribution in [2.45, 2.75) is 74.4 Å². The van der Waals surface area contributed by atoms with Gasteiger partial charge in [-0.2, -0.15) is 0 Å². The Balaban J connectivity index is 0.850. The number of benzene rings is 4. The molecule has 0 saturated heterocycles. The molecule has 69 heavy (non-hydrogen) atoms. The minimum atomic E-state index is -0.287. The van der Waals surface area contributed by atoms with E-state index in [2.05, 4.69) is 15.0 Å². The lowest BCUT2D eigenvalue weighted by Gasteiger charge is -2.35. The van der Waals surface area contributed by atoms with E-state index in [1.807, 2.05) is 72.8 Å². The van der Waals surface area contributed by atoms with Gasteiger partial charge in [0.05, 0.1) is 53.0 Å². The van der Waals surface area contributed by atoms with Crippen LogP contribution in [0, 0.1) is 0 Å². The summed E-state index contributed by atoms with van der Waals surface area (Å²) in [6.07, 6.45) is 12.5. The minimum absolute atomic E-state index is 0.00245. The maximum atomic E-state index is 14.1. The number of imide groups is 3. The lowest BCUT2D eigenvalue weighted by molar-refractivity contribution is 0.0627. The fourth-order valence-electron chi connectivity index (χ4n) is 14.6. The summed E-state index contributed by atoms with van der Waals surface area (Å²) in [5.41, 5.74) is 19.7. The Morgan fingerprint density at radius 2 is 0.507 bits per heavy atom. The third-order valence-electron chi connectivity index (χ3n) is 17.3. The highest BCUT2D eigenvalue weighted by Crippen LogP contribution is 2.72. The number of hydrogen-bond acceptors (Lipinski definition) is 9. The number of fused-ring (bicyclic) bond motifs is 30. The summed E-state index contributed by atoms with van der Waals surface area (Å²) in [5.74, 6) is -1.74. The summed E-state index contributed by atoms with van der Waals surface area (Å²) in [6.45, 7) is 0.492. The smallest absolute Gasteiger partial charge is 0.261 e. The molecule has 0 N–H and O–H groups in total. The maximum Gasteiger partial charge on any atom is 0.261 e. The molecule has 6 atom stereocenters. The van der Waals surface area contributed by atoms with Gasteiger partial charge in [0.1, 0.15) is 0 Å². The van der Waals surface area contributed by atoms with Crippen LogP contribution in [0.3, 0.4) is 0 Å². The Labute approximate surface area is 393 Å². The van der Waals surface area contributed by atoms with Crippen LogP contribution in [-0.2, 0) is 19.6 Å². The van der Waals surface area contributed by atoms with Crippen LogP contribution in [0.1, 0.15) is 200 Å². The average Bonchev–Trinajstić information content (AvgIpc) is 4.29. The standard InChI is InChI=1S/C57H36N6O6/c64-52-40-13-28-29(14-41(40)53(65)61(52)22-25-1-7-58-8-2-25)35-19-34(28)46-47(35)49-37-21-39(33-18-45-43(16-31(33)37)55(67)63(57(45)69)24-27-5-11-60-12-6-27)51(49)50-38-20-36(48(46)50)30-15-42-44(17-32(30)38)56(68)62(54(42)66)23-26-3-9-59-10-4-26/h1-18,34-39H,19-24H2/t34-,35+,36+,37-,38-,39+. The molecule has 0 saturated carbocycles. The van der Waals surface area contributed by atoms with Crippen molar-refractivity contribution < 1.29 is 28.8 Å². The molecule has 3 aliphatic heterocycles. The van der Waals surface area contributed by atoms with E-state index in [-0.39, 0.29) is 90.6 Å². The van der Waals surface area contributed by atoms with Crippen molar-refractivity contribution in [3.8, 4) is 0 Å². The highest BCUT2D eigenvalue weighted by Gasteiger charge is 2.58. The molecule has 4 aromatic carbocycles. The zero-order valence-electron chi connectivity index (χ0n) is 36.7. The number of hydrogen-bond donors (Lipinski definition) is 0. The molecular formula is C57H36N6O6. The molecule has 6 aliphatic carbocycles. The van der Waals surface area contributed by atoms with E-state index in [0.29, 0.717) is 33.4 Å². The summed E-state index contributed by atoms with van der Waals surface area (Å²) in [4.78, 5) is 101. The fraction of sp³-hybridized carbons (Fsp3) is 0.211. The molecular weight excluding hydrogens is 865 g/mol. The van der Waals surface area contributed by atoms with Gasteiger partial charge < -0.3 is 0 Å². The van der Waals surface area contributed by atoms with Gasteiger partial charge in [0, 0.05) is 72.7 Å². The Kier molecular flexibility index (Phi) is 7.03. The second-order valence-electron chi connectivity index (χ2n) is 20.2. The van der Waals surface area contributed by atoms with Crippen LogP contribution in [0.25, 0.3) is 0 Å². The van der Waals surface area contributed by atoms with E-state index >= 15 is 0 Å². The molecule has 6 amide bonds. The predicted octanol–water partition coefficient (Wildman–Crippen LogP) is 8.20. The highest BCUT2D eigenvalue weighted by molar-refractivity contribution is 6.23. The van der Waals surface area contributed by atoms with Crippen molar-refractivity contribution >= 4 is 35.4 Å². The first-order chi connectivity index (χ1) is 33.7. The Hall–Kier alpha value is -8.25. The molecule has 12 heteroatoms. The van der Waals surface area contributed by atoms with E-state index in [0.717, 1.165) is 69.3 Å². The molecule has 0 unspecified atom stereocenters. The molecule has 0 radical (unpaired) electrons. The summed E-state index contributed by atoms with van der Waals surface area (Å²) >= 11 is 0. The van der Waals surface area contributed by atoms with E-state index in [1.54, 1.807) is 37.2 Å². The number of pyridine rings is 3. The Morgan fingerprint density at radius 1 is 0.319 bits per heavy atom. The first-order valence-electron chi connectivity index (χ1n) is 23.7. The number of amides is 6. The normalized spacial score (nSPS) is 23.7. The number of rotatable bonds is 6. The van der Waals surface area contributed by atoms with Crippen molar-refractivity contribution in [1.29, 1.82) is 0 Å². The molecule has 0 spiro atoms. The second-order valence-corrected chi connectivity index (χ2v) is 20.2. The van der Waals surface area contributed by atoms with Gasteiger partial charge in [0.2, 0.25) is 0 Å². The third-order valence-corrected chi connectivity index (χ3v) is 17.3. The molecule has 16 rings (SSSR count). The van der Waals surface area contributed by atoms with Crippen molar-refractivity contribution in [3.05, 3.63) is 227 Å². The molecule has 6 heterocycles. The van der Waals surface area contributed by atoms with Crippen molar-refractivity contribution in [2.24, 2.45) is 0 Å². The number of nitrogens with zero attached hydrogens (tertiary/aromatic N) is 6. The summed E-state index contributed by atoms with van der Waals surface area (Å²) in [5, 5.41) is 0. The van der Waals surface area contributed by atoms with E-state index in [4.69, 9.17) is 0 Å². The molecule has 330 valence electrons. The Morgan fingerprint density at radius 3 is 0.696 bits per heavy atom. The zero-order chi connectivity index (χ0) is 45.9. The van der Waals surface area contributed by atoms with Gasteiger partial charge in [-0.05, 0) is 176 Å². The quantitative estimate of drug-likeness (QED) is 0.151. The van der Waals surface area contributed by atoms with Gasteiger partial charge in [-0.3, -0.25) is 58.4 Å². The first-order valence-corrected chi connectivity index (χ1v) is 23.7. The lowest BCUT2D eigenvalue weighted by atomic mass is 9.68. The minimum Gasteiger partial charge on any atom is -0.270 e. The molecule has 3 aromatic heterocycles. The van der Waals surface area contributed by atoms with Crippen molar-refractivity contribution in [3.63, 3.8) is 0 Å². The number of aromatic nitrogens is 3. The van der Waals surface area contributed by atoms with Crippen LogP contribution < -0.4 is 0 Å². The van der Waals surface area contributed by atoms with Crippen LogP contribution in [0.15, 0.2) is 110 Å². The van der Waals surface area contributed by atoms with Crippen molar-refractivity contribution in [2.75, 3.05) is 0 Å². The molecule has 6 bridgehead atoms. The van der Waals surface area contributed by atoms with Crippen molar-refractivity contribution in [1.82, 2.24) is 29.7 Å². The maximum absolute atomic E-state index is 14.1. The SMILES string of the molecule is O=C1c2cc3c(cc2C(=O)N1Cc1ccncc1)[C@@H]1C[C@H]3c2c1c1c(c3c2[C@H]2C[C@@H]3c3cc4c(cc32)C(=O)N(Cc2ccncc2)C4=O)[C@H]2C[C@@H]1c1cc3c(cc12)C(=O)N(Cc1ccncc1)C3=O. The van der Waals surface area contributed by atoms with Gasteiger partial charge in [0.15, 0.2) is 0 Å². The highest BCUT2D eigenvalue weighted by atomic mass is 16.2. The van der Waals surface area contributed by atoms with Crippen LogP contribution in [0.4, 0.5) is 0 Å². The fourth-order valence-corrected chi connectivity index (χ4v) is 14.6. The molecule has 7 aromatic rings. The molecule has 9 aliphatic rings. The van der Waals surface area contributed by atoms with Gasteiger partial charge in [0.25, 0.3) is 35.4 Å². The summed E-state index contributed by atoms with van der Waals surface area (Å²) < 4.78 is 0. The van der Waals surface area contributed by atoms with Crippen LogP contribution >= 0.6 is 0 Å². The lowest BCUT2D eigenvalue weighted by Crippen LogP contribution is -2.29. The summed E-state index contributed by atoms with van der Waals surface area (Å²) in [6, 6.07) is 23.0. The largest absolute Gasteiger partial charge is 0.270 e. The Bertz CT molecular complexity index is 3130. The van der Waals surface area contributed by atoms with Gasteiger partial charge in [-0.15, -0.1) is 0 Å².